The lowest BCUT2D eigenvalue weighted by Gasteiger charge is -2.25. The third-order valence-electron chi connectivity index (χ3n) is 4.31. The largest absolute Gasteiger partial charge is 0.497 e. The molecule has 156 valence electrons. The number of hydrogen-bond donors (Lipinski definition) is 1. The number of nitrogens with one attached hydrogen (secondary N) is 1. The van der Waals surface area contributed by atoms with Crippen LogP contribution in [0.15, 0.2) is 23.2 Å². The second-order valence-electron chi connectivity index (χ2n) is 6.53. The lowest BCUT2D eigenvalue weighted by Crippen LogP contribution is -2.40. The summed E-state index contributed by atoms with van der Waals surface area (Å²) < 4.78 is 16.5. The summed E-state index contributed by atoms with van der Waals surface area (Å²) in [5, 5.41) is 3.42. The summed E-state index contributed by atoms with van der Waals surface area (Å²) in [6.07, 6.45) is 1.21. The summed E-state index contributed by atoms with van der Waals surface area (Å²) in [7, 11) is 7.14. The van der Waals surface area contributed by atoms with Crippen LogP contribution < -0.4 is 14.8 Å². The number of ether oxygens (including phenoxy) is 3. The van der Waals surface area contributed by atoms with Crippen molar-refractivity contribution in [2.45, 2.75) is 39.8 Å². The quantitative estimate of drug-likeness (QED) is 0.306. The standard InChI is InChI=1S/C20H35N3O3.HI/c1-8-26-18(15(2)3)11-12-22-20(21-4)23(5)14-16-9-10-17(24-6)13-19(16)25-7;/h9-10,13,15,18H,8,11-12,14H2,1-7H3,(H,21,22);1H. The van der Waals surface area contributed by atoms with Crippen molar-refractivity contribution in [3.63, 3.8) is 0 Å². The van der Waals surface area contributed by atoms with Crippen molar-refractivity contribution < 1.29 is 14.2 Å². The Morgan fingerprint density at radius 3 is 2.44 bits per heavy atom. The molecular formula is C20H36IN3O3. The van der Waals surface area contributed by atoms with Crippen molar-refractivity contribution >= 4 is 29.9 Å². The van der Waals surface area contributed by atoms with Gasteiger partial charge in [0.1, 0.15) is 11.5 Å². The predicted molar refractivity (Wildman–Crippen MR) is 123 cm³/mol. The molecule has 1 N–H and O–H groups in total. The molecule has 1 unspecified atom stereocenters. The maximum absolute atomic E-state index is 5.81. The van der Waals surface area contributed by atoms with Crippen LogP contribution in [0.2, 0.25) is 0 Å². The highest BCUT2D eigenvalue weighted by molar-refractivity contribution is 14.0. The molecule has 1 aromatic rings. The van der Waals surface area contributed by atoms with E-state index in [0.717, 1.165) is 42.6 Å². The van der Waals surface area contributed by atoms with Gasteiger partial charge in [-0.2, -0.15) is 0 Å². The Bertz CT molecular complexity index is 567. The Hall–Kier alpha value is -1.22. The third kappa shape index (κ3) is 8.55. The van der Waals surface area contributed by atoms with Crippen LogP contribution >= 0.6 is 24.0 Å². The van der Waals surface area contributed by atoms with Gasteiger partial charge < -0.3 is 24.4 Å². The van der Waals surface area contributed by atoms with Gasteiger partial charge in [-0.3, -0.25) is 4.99 Å². The second-order valence-corrected chi connectivity index (χ2v) is 6.53. The molecule has 0 bridgehead atoms. The van der Waals surface area contributed by atoms with E-state index in [1.807, 2.05) is 32.2 Å². The summed E-state index contributed by atoms with van der Waals surface area (Å²) >= 11 is 0. The Morgan fingerprint density at radius 1 is 1.22 bits per heavy atom. The van der Waals surface area contributed by atoms with Crippen molar-refractivity contribution in [3.05, 3.63) is 23.8 Å². The molecule has 7 heteroatoms. The summed E-state index contributed by atoms with van der Waals surface area (Å²) in [5.74, 6) is 2.94. The van der Waals surface area contributed by atoms with Crippen molar-refractivity contribution in [1.29, 1.82) is 0 Å². The number of hydrogen-bond acceptors (Lipinski definition) is 4. The van der Waals surface area contributed by atoms with E-state index < -0.39 is 0 Å². The van der Waals surface area contributed by atoms with Gasteiger partial charge >= 0.3 is 0 Å². The number of nitrogens with zero attached hydrogens (tertiary/aromatic N) is 2. The number of halogens is 1. The summed E-state index contributed by atoms with van der Waals surface area (Å²) in [4.78, 5) is 6.46. The van der Waals surface area contributed by atoms with Crippen LogP contribution in [0.4, 0.5) is 0 Å². The van der Waals surface area contributed by atoms with Crippen LogP contribution in [0.25, 0.3) is 0 Å². The van der Waals surface area contributed by atoms with E-state index in [9.17, 15) is 0 Å². The number of benzene rings is 1. The topological polar surface area (TPSA) is 55.3 Å². The van der Waals surface area contributed by atoms with Crippen LogP contribution in [0.1, 0.15) is 32.8 Å². The van der Waals surface area contributed by atoms with E-state index in [0.29, 0.717) is 12.5 Å². The molecule has 1 aromatic carbocycles. The molecule has 27 heavy (non-hydrogen) atoms. The Morgan fingerprint density at radius 2 is 1.93 bits per heavy atom. The van der Waals surface area contributed by atoms with E-state index in [4.69, 9.17) is 14.2 Å². The molecule has 0 amide bonds. The zero-order valence-corrected chi connectivity index (χ0v) is 20.1. The molecule has 0 spiro atoms. The van der Waals surface area contributed by atoms with Crippen LogP contribution in [-0.2, 0) is 11.3 Å². The molecule has 1 rings (SSSR count). The van der Waals surface area contributed by atoms with Crippen LogP contribution in [-0.4, -0.2) is 58.4 Å². The van der Waals surface area contributed by atoms with Crippen LogP contribution in [0, 0.1) is 5.92 Å². The second kappa shape index (κ2) is 13.9. The lowest BCUT2D eigenvalue weighted by molar-refractivity contribution is 0.0257. The van der Waals surface area contributed by atoms with Gasteiger partial charge in [-0.15, -0.1) is 24.0 Å². The molecule has 0 saturated heterocycles. The maximum atomic E-state index is 5.81. The average Bonchev–Trinajstić information content (AvgIpc) is 2.64. The minimum atomic E-state index is 0. The van der Waals surface area contributed by atoms with Crippen LogP contribution in [0.3, 0.4) is 0 Å². The first-order chi connectivity index (χ1) is 12.5. The molecule has 0 radical (unpaired) electrons. The van der Waals surface area contributed by atoms with E-state index in [1.165, 1.54) is 0 Å². The van der Waals surface area contributed by atoms with Crippen molar-refractivity contribution in [3.8, 4) is 11.5 Å². The number of methoxy groups -OCH3 is 2. The van der Waals surface area contributed by atoms with Crippen LogP contribution in [0.5, 0.6) is 11.5 Å². The number of guanidine groups is 1. The van der Waals surface area contributed by atoms with Gasteiger partial charge in [0, 0.05) is 45.4 Å². The SMILES string of the molecule is CCOC(CCNC(=NC)N(C)Cc1ccc(OC)cc1OC)C(C)C.I. The first kappa shape index (κ1) is 25.8. The van der Waals surface area contributed by atoms with Gasteiger partial charge in [-0.1, -0.05) is 13.8 Å². The fraction of sp³-hybridized carbons (Fsp3) is 0.650. The molecule has 0 aliphatic rings. The third-order valence-corrected chi connectivity index (χ3v) is 4.31. The van der Waals surface area contributed by atoms with Gasteiger partial charge in [-0.25, -0.2) is 0 Å². The maximum Gasteiger partial charge on any atom is 0.193 e. The molecule has 6 nitrogen and oxygen atoms in total. The molecule has 1 atom stereocenters. The van der Waals surface area contributed by atoms with Gasteiger partial charge in [0.25, 0.3) is 0 Å². The first-order valence-corrected chi connectivity index (χ1v) is 9.21. The minimum absolute atomic E-state index is 0. The number of rotatable bonds is 10. The van der Waals surface area contributed by atoms with Gasteiger partial charge in [0.15, 0.2) is 5.96 Å². The summed E-state index contributed by atoms with van der Waals surface area (Å²) in [5.41, 5.74) is 1.08. The van der Waals surface area contributed by atoms with Crippen molar-refractivity contribution in [2.75, 3.05) is 41.5 Å². The zero-order chi connectivity index (χ0) is 19.5. The normalized spacial score (nSPS) is 12.4. The minimum Gasteiger partial charge on any atom is -0.497 e. The highest BCUT2D eigenvalue weighted by Gasteiger charge is 2.15. The van der Waals surface area contributed by atoms with E-state index in [-0.39, 0.29) is 30.1 Å². The van der Waals surface area contributed by atoms with Gasteiger partial charge in [0.2, 0.25) is 0 Å². The highest BCUT2D eigenvalue weighted by Crippen LogP contribution is 2.25. The van der Waals surface area contributed by atoms with Gasteiger partial charge in [0.05, 0.1) is 20.3 Å². The highest BCUT2D eigenvalue weighted by atomic mass is 127. The zero-order valence-electron chi connectivity index (χ0n) is 17.7. The molecule has 0 fully saturated rings. The molecule has 0 aliphatic heterocycles. The Labute approximate surface area is 181 Å². The Kier molecular flexibility index (Phi) is 13.2. The molecule has 0 heterocycles. The van der Waals surface area contributed by atoms with Crippen molar-refractivity contribution in [1.82, 2.24) is 10.2 Å². The lowest BCUT2D eigenvalue weighted by atomic mass is 10.0. The molecular weight excluding hydrogens is 457 g/mol. The van der Waals surface area contributed by atoms with E-state index in [1.54, 1.807) is 21.3 Å². The average molecular weight is 493 g/mol. The predicted octanol–water partition coefficient (Wildman–Crippen LogP) is 3.78. The molecule has 0 aromatic heterocycles. The fourth-order valence-corrected chi connectivity index (χ4v) is 2.85. The molecule has 0 saturated carbocycles. The van der Waals surface area contributed by atoms with Crippen molar-refractivity contribution in [2.24, 2.45) is 10.9 Å². The van der Waals surface area contributed by atoms with E-state index >= 15 is 0 Å². The Balaban J connectivity index is 0.00000676. The monoisotopic (exact) mass is 493 g/mol. The fourth-order valence-electron chi connectivity index (χ4n) is 2.85. The summed E-state index contributed by atoms with van der Waals surface area (Å²) in [6, 6.07) is 5.86. The summed E-state index contributed by atoms with van der Waals surface area (Å²) in [6.45, 7) is 8.67. The van der Waals surface area contributed by atoms with E-state index in [2.05, 4.69) is 29.1 Å². The van der Waals surface area contributed by atoms with Gasteiger partial charge in [-0.05, 0) is 31.4 Å². The number of aliphatic imine (C=N–C) groups is 1. The molecule has 0 aliphatic carbocycles. The first-order valence-electron chi connectivity index (χ1n) is 9.21. The smallest absolute Gasteiger partial charge is 0.193 e.